The van der Waals surface area contributed by atoms with E-state index in [0.717, 1.165) is 6.42 Å². The van der Waals surface area contributed by atoms with Crippen molar-refractivity contribution in [2.24, 2.45) is 0 Å². The molecule has 0 aliphatic heterocycles. The largest absolute Gasteiger partial charge is 0.343 e. The topological polar surface area (TPSA) is 0 Å². The summed E-state index contributed by atoms with van der Waals surface area (Å²) >= 11 is 8.92. The van der Waals surface area contributed by atoms with Crippen LogP contribution in [-0.4, -0.2) is 0 Å². The number of halogens is 3. The van der Waals surface area contributed by atoms with E-state index in [9.17, 15) is 0 Å². The molecule has 0 saturated carbocycles. The van der Waals surface area contributed by atoms with Crippen molar-refractivity contribution < 1.29 is 11.6 Å². The van der Waals surface area contributed by atoms with Crippen molar-refractivity contribution in [3.05, 3.63) is 6.92 Å². The predicted octanol–water partition coefficient (Wildman–Crippen LogP) is 9.62. The van der Waals surface area contributed by atoms with Gasteiger partial charge in [-0.25, -0.2) is 0 Å². The molecule has 0 aromatic carbocycles. The van der Waals surface area contributed by atoms with E-state index in [4.69, 9.17) is 0 Å². The standard InChI is InChI=1S/C18H37.3BrH.Ti/c1-3-5-7-9-11-13-15-17-18-16-14-12-10-8-6-4-2;;;;/h1,3-18H2,2H3;3*1H;/q-1;;;;+4/p-3. The molecule has 0 heterocycles. The molecule has 0 aliphatic rings. The maximum absolute atomic E-state index is 3.88. The van der Waals surface area contributed by atoms with Crippen molar-refractivity contribution in [3.63, 3.8) is 0 Å². The van der Waals surface area contributed by atoms with Gasteiger partial charge in [-0.2, -0.15) is 6.42 Å². The average Bonchev–Trinajstić information content (AvgIpc) is 2.47. The van der Waals surface area contributed by atoms with Gasteiger partial charge >= 0.3 is 51.1 Å². The maximum Gasteiger partial charge on any atom is -0.0533 e. The summed E-state index contributed by atoms with van der Waals surface area (Å²) in [4.78, 5) is 0. The molecule has 0 amide bonds. The third-order valence-electron chi connectivity index (χ3n) is 3.85. The van der Waals surface area contributed by atoms with E-state index in [1.807, 2.05) is 0 Å². The van der Waals surface area contributed by atoms with Crippen molar-refractivity contribution in [3.8, 4) is 0 Å². The number of hydrogen-bond acceptors (Lipinski definition) is 0. The molecule has 0 atom stereocenters. The van der Waals surface area contributed by atoms with Crippen LogP contribution in [0.15, 0.2) is 0 Å². The summed E-state index contributed by atoms with van der Waals surface area (Å²) in [5.74, 6) is 0. The van der Waals surface area contributed by atoms with Gasteiger partial charge in [0.15, 0.2) is 0 Å². The fourth-order valence-electron chi connectivity index (χ4n) is 2.55. The first-order valence-corrected chi connectivity index (χ1v) is 20.9. The van der Waals surface area contributed by atoms with Gasteiger partial charge < -0.3 is 6.92 Å². The summed E-state index contributed by atoms with van der Waals surface area (Å²) in [6.45, 7) is 6.18. The summed E-state index contributed by atoms with van der Waals surface area (Å²) in [5.41, 5.74) is 0. The van der Waals surface area contributed by atoms with Gasteiger partial charge in [-0.05, 0) is 0 Å². The predicted molar refractivity (Wildman–Crippen MR) is 112 cm³/mol. The summed E-state index contributed by atoms with van der Waals surface area (Å²) in [6.07, 6.45) is 22.8. The quantitative estimate of drug-likeness (QED) is 0.110. The minimum atomic E-state index is -0.896. The molecule has 0 rings (SSSR count). The molecule has 0 bridgehead atoms. The molecule has 0 nitrogen and oxygen atoms in total. The van der Waals surface area contributed by atoms with E-state index in [1.54, 1.807) is 0 Å². The van der Waals surface area contributed by atoms with Crippen LogP contribution in [0.25, 0.3) is 0 Å². The number of unbranched alkanes of at least 4 members (excludes halogenated alkanes) is 15. The van der Waals surface area contributed by atoms with E-state index in [1.165, 1.54) is 96.3 Å². The maximum atomic E-state index is 3.88. The summed E-state index contributed by atoms with van der Waals surface area (Å²) in [7, 11) is 0. The Hall–Kier alpha value is 2.15. The van der Waals surface area contributed by atoms with Gasteiger partial charge in [0.2, 0.25) is 0 Å². The molecule has 4 heteroatoms. The minimum absolute atomic E-state index is 0.896. The third-order valence-corrected chi connectivity index (χ3v) is 3.85. The smallest absolute Gasteiger partial charge is 0.0533 e. The number of hydrogen-bond donors (Lipinski definition) is 0. The molecule has 0 N–H and O–H groups in total. The first-order valence-electron chi connectivity index (χ1n) is 9.27. The Morgan fingerprint density at radius 2 is 0.773 bits per heavy atom. The Labute approximate surface area is 166 Å². The van der Waals surface area contributed by atoms with Crippen molar-refractivity contribution >= 4 is 39.5 Å². The zero-order valence-electron chi connectivity index (χ0n) is 14.7. The molecule has 0 spiro atoms. The molecule has 0 saturated heterocycles. The molecule has 0 aromatic rings. The number of rotatable bonds is 15. The molecule has 0 unspecified atom stereocenters. The van der Waals surface area contributed by atoms with Gasteiger partial charge in [0.1, 0.15) is 0 Å². The van der Waals surface area contributed by atoms with E-state index in [2.05, 4.69) is 53.3 Å². The van der Waals surface area contributed by atoms with Crippen LogP contribution >= 0.6 is 39.5 Å². The summed E-state index contributed by atoms with van der Waals surface area (Å²) in [5, 5.41) is 0. The Morgan fingerprint density at radius 3 is 1.00 bits per heavy atom. The van der Waals surface area contributed by atoms with Crippen LogP contribution in [0.4, 0.5) is 0 Å². The normalized spacial score (nSPS) is 10.2. The summed E-state index contributed by atoms with van der Waals surface area (Å²) in [6, 6.07) is 0. The van der Waals surface area contributed by atoms with Crippen LogP contribution in [0.1, 0.15) is 110 Å². The third kappa shape index (κ3) is 33.7. The fraction of sp³-hybridized carbons (Fsp3) is 0.944. The van der Waals surface area contributed by atoms with Crippen LogP contribution in [0.5, 0.6) is 0 Å². The first-order chi connectivity index (χ1) is 10.6. The SMILES string of the molecule is [Br][Ti+]([Br])[Br].[CH2-]CCCCCCCCCCCCCCCCC. The molecule has 0 radical (unpaired) electrons. The van der Waals surface area contributed by atoms with Crippen molar-refractivity contribution in [1.82, 2.24) is 0 Å². The summed E-state index contributed by atoms with van der Waals surface area (Å²) < 4.78 is 0. The first kappa shape index (κ1) is 26.4. The van der Waals surface area contributed by atoms with E-state index in [-0.39, 0.29) is 0 Å². The molecule has 0 aromatic heterocycles. The molecule has 22 heavy (non-hydrogen) atoms. The molecular formula is C18H37Br3Ti. The Kier molecular flexibility index (Phi) is 30.5. The fourth-order valence-corrected chi connectivity index (χ4v) is 2.55. The molecular weight excluding hydrogens is 504 g/mol. The Morgan fingerprint density at radius 1 is 0.545 bits per heavy atom. The molecule has 0 aliphatic carbocycles. The van der Waals surface area contributed by atoms with Crippen LogP contribution in [0.3, 0.4) is 0 Å². The van der Waals surface area contributed by atoms with E-state index < -0.39 is 11.6 Å². The van der Waals surface area contributed by atoms with Gasteiger partial charge in [-0.3, -0.25) is 0 Å². The molecule has 0 fully saturated rings. The zero-order valence-corrected chi connectivity index (χ0v) is 21.0. The van der Waals surface area contributed by atoms with Crippen LogP contribution < -0.4 is 0 Å². The van der Waals surface area contributed by atoms with E-state index >= 15 is 0 Å². The van der Waals surface area contributed by atoms with Gasteiger partial charge in [0.05, 0.1) is 0 Å². The van der Waals surface area contributed by atoms with Crippen molar-refractivity contribution in [1.29, 1.82) is 0 Å². The van der Waals surface area contributed by atoms with E-state index in [0.29, 0.717) is 0 Å². The Bertz CT molecular complexity index is 159. The van der Waals surface area contributed by atoms with Gasteiger partial charge in [-0.1, -0.05) is 103 Å². The van der Waals surface area contributed by atoms with Crippen molar-refractivity contribution in [2.45, 2.75) is 110 Å². The minimum Gasteiger partial charge on any atom is -0.343 e. The monoisotopic (exact) mass is 538 g/mol. The molecule has 134 valence electrons. The second-order valence-corrected chi connectivity index (χ2v) is 29.7. The average molecular weight is 541 g/mol. The van der Waals surface area contributed by atoms with Gasteiger partial charge in [0.25, 0.3) is 0 Å². The van der Waals surface area contributed by atoms with Crippen LogP contribution in [0.2, 0.25) is 0 Å². The van der Waals surface area contributed by atoms with Gasteiger partial charge in [-0.15, -0.1) is 0 Å². The van der Waals surface area contributed by atoms with Crippen molar-refractivity contribution in [2.75, 3.05) is 0 Å². The Balaban J connectivity index is 0. The zero-order chi connectivity index (χ0) is 16.9. The second kappa shape index (κ2) is 25.4. The van der Waals surface area contributed by atoms with Gasteiger partial charge in [0, 0.05) is 0 Å². The van der Waals surface area contributed by atoms with Crippen LogP contribution in [-0.2, 0) is 11.6 Å². The van der Waals surface area contributed by atoms with Crippen LogP contribution in [0, 0.1) is 6.92 Å². The second-order valence-electron chi connectivity index (χ2n) is 6.02.